The van der Waals surface area contributed by atoms with E-state index < -0.39 is 11.7 Å². The fraction of sp³-hybridized carbons (Fsp3) is 0.583. The molecule has 0 radical (unpaired) electrons. The zero-order chi connectivity index (χ0) is 14.6. The number of aromatic nitrogens is 1. The van der Waals surface area contributed by atoms with Crippen molar-refractivity contribution < 1.29 is 13.2 Å². The molecule has 0 aromatic carbocycles. The molecule has 0 aliphatic heterocycles. The molecule has 1 heterocycles. The first kappa shape index (κ1) is 16.6. The zero-order valence-corrected chi connectivity index (χ0v) is 13.0. The molecule has 2 nitrogen and oxygen atoms in total. The molecular formula is C12H15BrClF3N2. The van der Waals surface area contributed by atoms with Crippen molar-refractivity contribution in [2.24, 2.45) is 0 Å². The summed E-state index contributed by atoms with van der Waals surface area (Å²) in [6.45, 7) is 4.58. The van der Waals surface area contributed by atoms with E-state index in [9.17, 15) is 13.2 Å². The first-order chi connectivity index (χ1) is 8.77. The number of alkyl halides is 4. The minimum Gasteiger partial charge on any atom is -0.353 e. The van der Waals surface area contributed by atoms with Gasteiger partial charge in [-0.15, -0.1) is 0 Å². The highest BCUT2D eigenvalue weighted by Gasteiger charge is 2.32. The van der Waals surface area contributed by atoms with E-state index in [1.165, 1.54) is 0 Å². The van der Waals surface area contributed by atoms with Gasteiger partial charge in [0, 0.05) is 24.1 Å². The van der Waals surface area contributed by atoms with Crippen LogP contribution in [0.5, 0.6) is 0 Å². The molecule has 1 rings (SSSR count). The van der Waals surface area contributed by atoms with Gasteiger partial charge in [0.2, 0.25) is 0 Å². The number of anilines is 1. The summed E-state index contributed by atoms with van der Waals surface area (Å²) in [5.74, 6) is 0.394. The van der Waals surface area contributed by atoms with Gasteiger partial charge in [0.05, 0.1) is 10.6 Å². The van der Waals surface area contributed by atoms with Gasteiger partial charge in [-0.3, -0.25) is 0 Å². The van der Waals surface area contributed by atoms with Gasteiger partial charge in [-0.25, -0.2) is 4.98 Å². The molecule has 1 aromatic heterocycles. The Morgan fingerprint density at radius 3 is 2.47 bits per heavy atom. The SMILES string of the molecule is CC(C)N(CCCBr)c1ncc(C(F)(F)F)cc1Cl. The monoisotopic (exact) mass is 358 g/mol. The maximum absolute atomic E-state index is 12.5. The average molecular weight is 360 g/mol. The fourth-order valence-corrected chi connectivity index (χ4v) is 2.16. The highest BCUT2D eigenvalue weighted by atomic mass is 79.9. The van der Waals surface area contributed by atoms with Crippen LogP contribution in [-0.2, 0) is 6.18 Å². The number of pyridine rings is 1. The van der Waals surface area contributed by atoms with Crippen molar-refractivity contribution >= 4 is 33.3 Å². The van der Waals surface area contributed by atoms with Crippen LogP contribution in [0.2, 0.25) is 5.02 Å². The molecule has 0 unspecified atom stereocenters. The van der Waals surface area contributed by atoms with Crippen molar-refractivity contribution in [3.8, 4) is 0 Å². The van der Waals surface area contributed by atoms with Gasteiger partial charge in [0.1, 0.15) is 5.82 Å². The highest BCUT2D eigenvalue weighted by Crippen LogP contribution is 2.34. The summed E-state index contributed by atoms with van der Waals surface area (Å²) < 4.78 is 37.6. The molecule has 0 saturated carbocycles. The third-order valence-electron chi connectivity index (χ3n) is 2.58. The summed E-state index contributed by atoms with van der Waals surface area (Å²) in [7, 11) is 0. The summed E-state index contributed by atoms with van der Waals surface area (Å²) in [6.07, 6.45) is -2.74. The Morgan fingerprint density at radius 2 is 2.05 bits per heavy atom. The van der Waals surface area contributed by atoms with Crippen molar-refractivity contribution in [1.29, 1.82) is 0 Å². The van der Waals surface area contributed by atoms with Crippen LogP contribution < -0.4 is 4.90 Å². The molecule has 0 aliphatic rings. The van der Waals surface area contributed by atoms with Crippen LogP contribution in [0.4, 0.5) is 19.0 Å². The van der Waals surface area contributed by atoms with Gasteiger partial charge >= 0.3 is 6.18 Å². The molecule has 19 heavy (non-hydrogen) atoms. The predicted octanol–water partition coefficient (Wildman–Crippen LogP) is 4.75. The Morgan fingerprint density at radius 1 is 1.42 bits per heavy atom. The molecule has 0 fully saturated rings. The largest absolute Gasteiger partial charge is 0.417 e. The minimum atomic E-state index is -4.42. The summed E-state index contributed by atoms with van der Waals surface area (Å²) in [5, 5.41) is 0.840. The van der Waals surface area contributed by atoms with Crippen molar-refractivity contribution in [1.82, 2.24) is 4.98 Å². The van der Waals surface area contributed by atoms with Crippen LogP contribution in [0.3, 0.4) is 0 Å². The quantitative estimate of drug-likeness (QED) is 0.705. The second kappa shape index (κ2) is 6.79. The van der Waals surface area contributed by atoms with Crippen LogP contribution in [0.25, 0.3) is 0 Å². The van der Waals surface area contributed by atoms with E-state index in [-0.39, 0.29) is 11.1 Å². The first-order valence-corrected chi connectivity index (χ1v) is 7.32. The molecule has 108 valence electrons. The lowest BCUT2D eigenvalue weighted by atomic mass is 10.2. The second-order valence-electron chi connectivity index (χ2n) is 4.36. The summed E-state index contributed by atoms with van der Waals surface area (Å²) in [4.78, 5) is 5.77. The minimum absolute atomic E-state index is 0.0260. The Kier molecular flexibility index (Phi) is 5.92. The topological polar surface area (TPSA) is 16.1 Å². The second-order valence-corrected chi connectivity index (χ2v) is 5.56. The van der Waals surface area contributed by atoms with Crippen LogP contribution in [0.1, 0.15) is 25.8 Å². The van der Waals surface area contributed by atoms with E-state index in [0.29, 0.717) is 12.4 Å². The average Bonchev–Trinajstić information content (AvgIpc) is 2.29. The maximum Gasteiger partial charge on any atom is 0.417 e. The smallest absolute Gasteiger partial charge is 0.353 e. The van der Waals surface area contributed by atoms with Gasteiger partial charge in [-0.1, -0.05) is 27.5 Å². The van der Waals surface area contributed by atoms with E-state index in [1.54, 1.807) is 0 Å². The van der Waals surface area contributed by atoms with Gasteiger partial charge in [0.25, 0.3) is 0 Å². The van der Waals surface area contributed by atoms with Crippen LogP contribution >= 0.6 is 27.5 Å². The van der Waals surface area contributed by atoms with Gasteiger partial charge in [-0.05, 0) is 26.3 Å². The zero-order valence-electron chi connectivity index (χ0n) is 10.6. The Bertz CT molecular complexity index is 424. The molecule has 0 amide bonds. The maximum atomic E-state index is 12.5. The van der Waals surface area contributed by atoms with Crippen LogP contribution in [0, 0.1) is 0 Å². The molecule has 0 bridgehead atoms. The number of hydrogen-bond acceptors (Lipinski definition) is 2. The van der Waals surface area contributed by atoms with E-state index >= 15 is 0 Å². The Balaban J connectivity index is 3.05. The fourth-order valence-electron chi connectivity index (χ4n) is 1.64. The summed E-state index contributed by atoms with van der Waals surface area (Å²) in [6, 6.07) is 1.04. The lowest BCUT2D eigenvalue weighted by Gasteiger charge is -2.28. The lowest BCUT2D eigenvalue weighted by molar-refractivity contribution is -0.137. The van der Waals surface area contributed by atoms with Gasteiger partial charge in [0.15, 0.2) is 0 Å². The summed E-state index contributed by atoms with van der Waals surface area (Å²) >= 11 is 9.26. The number of hydrogen-bond donors (Lipinski definition) is 0. The number of nitrogens with zero attached hydrogens (tertiary/aromatic N) is 2. The van der Waals surface area contributed by atoms with E-state index in [2.05, 4.69) is 20.9 Å². The number of rotatable bonds is 5. The van der Waals surface area contributed by atoms with E-state index in [1.807, 2.05) is 18.7 Å². The van der Waals surface area contributed by atoms with Gasteiger partial charge in [-0.2, -0.15) is 13.2 Å². The van der Waals surface area contributed by atoms with Crippen LogP contribution in [-0.4, -0.2) is 22.9 Å². The van der Waals surface area contributed by atoms with Crippen molar-refractivity contribution in [3.63, 3.8) is 0 Å². The standard InChI is InChI=1S/C12H15BrClF3N2/c1-8(2)19(5-3-4-13)11-10(14)6-9(7-18-11)12(15,16)17/h6-8H,3-5H2,1-2H3. The molecule has 0 saturated heterocycles. The lowest BCUT2D eigenvalue weighted by Crippen LogP contribution is -2.33. The number of halogens is 5. The normalized spacial score (nSPS) is 12.0. The van der Waals surface area contributed by atoms with Crippen molar-refractivity contribution in [2.75, 3.05) is 16.8 Å². The van der Waals surface area contributed by atoms with Crippen LogP contribution in [0.15, 0.2) is 12.3 Å². The Hall–Kier alpha value is -0.490. The molecule has 0 spiro atoms. The third-order valence-corrected chi connectivity index (χ3v) is 3.42. The molecule has 0 aliphatic carbocycles. The molecular weight excluding hydrogens is 344 g/mol. The molecule has 7 heteroatoms. The predicted molar refractivity (Wildman–Crippen MR) is 75.1 cm³/mol. The summed E-state index contributed by atoms with van der Waals surface area (Å²) in [5.41, 5.74) is -0.828. The van der Waals surface area contributed by atoms with Crippen molar-refractivity contribution in [2.45, 2.75) is 32.5 Å². The van der Waals surface area contributed by atoms with E-state index in [4.69, 9.17) is 11.6 Å². The molecule has 0 atom stereocenters. The van der Waals surface area contributed by atoms with Crippen molar-refractivity contribution in [3.05, 3.63) is 22.8 Å². The third kappa shape index (κ3) is 4.53. The van der Waals surface area contributed by atoms with Gasteiger partial charge < -0.3 is 4.90 Å². The molecule has 1 aromatic rings. The van der Waals surface area contributed by atoms with E-state index in [0.717, 1.165) is 24.0 Å². The highest BCUT2D eigenvalue weighted by molar-refractivity contribution is 9.09. The molecule has 0 N–H and O–H groups in total. The first-order valence-electron chi connectivity index (χ1n) is 5.82. The Labute approximate surface area is 124 Å².